The van der Waals surface area contributed by atoms with Crippen LogP contribution in [0.3, 0.4) is 0 Å². The maximum atomic E-state index is 11.1. The van der Waals surface area contributed by atoms with Crippen molar-refractivity contribution in [1.29, 1.82) is 0 Å². The molecule has 0 unspecified atom stereocenters. The molecular formula is C24H26ClNO4Si. The SMILES string of the molecule is CC(C)(C)[Si](OCCOc1cccc([N+](=O)[O-])c1Cl)(c1ccccc1)c1ccccc1. The van der Waals surface area contributed by atoms with Crippen LogP contribution in [0.2, 0.25) is 10.1 Å². The molecule has 0 aliphatic rings. The monoisotopic (exact) mass is 455 g/mol. The van der Waals surface area contributed by atoms with Crippen LogP contribution in [0.4, 0.5) is 5.69 Å². The van der Waals surface area contributed by atoms with Crippen molar-refractivity contribution in [2.75, 3.05) is 13.2 Å². The number of nitro benzene ring substituents is 1. The van der Waals surface area contributed by atoms with Gasteiger partial charge in [-0.15, -0.1) is 0 Å². The summed E-state index contributed by atoms with van der Waals surface area (Å²) in [6, 6.07) is 25.2. The molecule has 0 heterocycles. The van der Waals surface area contributed by atoms with Crippen LogP contribution in [-0.2, 0) is 4.43 Å². The predicted octanol–water partition coefficient (Wildman–Crippen LogP) is 5.20. The number of nitrogens with zero attached hydrogens (tertiary/aromatic N) is 1. The molecule has 3 aromatic carbocycles. The second-order valence-corrected chi connectivity index (χ2v) is 12.9. The lowest BCUT2D eigenvalue weighted by molar-refractivity contribution is -0.384. The lowest BCUT2D eigenvalue weighted by Crippen LogP contribution is -2.66. The third-order valence-electron chi connectivity index (χ3n) is 5.22. The van der Waals surface area contributed by atoms with Crippen LogP contribution < -0.4 is 15.1 Å². The number of halogens is 1. The molecule has 3 rings (SSSR count). The van der Waals surface area contributed by atoms with Crippen LogP contribution >= 0.6 is 11.6 Å². The summed E-state index contributed by atoms with van der Waals surface area (Å²) >= 11 is 6.14. The first kappa shape index (κ1) is 23.0. The predicted molar refractivity (Wildman–Crippen MR) is 127 cm³/mol. The summed E-state index contributed by atoms with van der Waals surface area (Å²) < 4.78 is 12.5. The van der Waals surface area contributed by atoms with Gasteiger partial charge in [0.2, 0.25) is 0 Å². The second kappa shape index (κ2) is 9.64. The zero-order valence-corrected chi connectivity index (χ0v) is 19.6. The van der Waals surface area contributed by atoms with Crippen molar-refractivity contribution in [3.63, 3.8) is 0 Å². The highest BCUT2D eigenvalue weighted by Gasteiger charge is 2.50. The number of hydrogen-bond acceptors (Lipinski definition) is 4. The molecule has 0 aliphatic heterocycles. The van der Waals surface area contributed by atoms with E-state index in [1.807, 2.05) is 36.4 Å². The Bertz CT molecular complexity index is 983. The molecule has 0 saturated carbocycles. The van der Waals surface area contributed by atoms with Crippen molar-refractivity contribution in [2.45, 2.75) is 25.8 Å². The van der Waals surface area contributed by atoms with Crippen LogP contribution in [0.1, 0.15) is 20.8 Å². The normalized spacial score (nSPS) is 11.9. The smallest absolute Gasteiger partial charge is 0.291 e. The minimum Gasteiger partial charge on any atom is -0.489 e. The third-order valence-corrected chi connectivity index (χ3v) is 10.6. The highest BCUT2D eigenvalue weighted by molar-refractivity contribution is 6.99. The Morgan fingerprint density at radius 2 is 1.42 bits per heavy atom. The van der Waals surface area contributed by atoms with Crippen LogP contribution in [-0.4, -0.2) is 26.5 Å². The van der Waals surface area contributed by atoms with E-state index in [1.54, 1.807) is 12.1 Å². The van der Waals surface area contributed by atoms with E-state index in [9.17, 15) is 10.1 Å². The van der Waals surface area contributed by atoms with Crippen molar-refractivity contribution in [3.8, 4) is 5.75 Å². The van der Waals surface area contributed by atoms with E-state index in [1.165, 1.54) is 16.4 Å². The van der Waals surface area contributed by atoms with Gasteiger partial charge in [0.25, 0.3) is 14.0 Å². The zero-order chi connectivity index (χ0) is 22.5. The maximum absolute atomic E-state index is 11.1. The van der Waals surface area contributed by atoms with E-state index in [0.717, 1.165) is 0 Å². The molecule has 0 aromatic heterocycles. The van der Waals surface area contributed by atoms with Crippen molar-refractivity contribution >= 4 is 36.0 Å². The number of rotatable bonds is 8. The van der Waals surface area contributed by atoms with Crippen LogP contribution in [0.5, 0.6) is 5.75 Å². The van der Waals surface area contributed by atoms with Gasteiger partial charge in [0.05, 0.1) is 11.5 Å². The van der Waals surface area contributed by atoms with Crippen molar-refractivity contribution < 1.29 is 14.1 Å². The van der Waals surface area contributed by atoms with Gasteiger partial charge >= 0.3 is 0 Å². The van der Waals surface area contributed by atoms with Crippen LogP contribution in [0.25, 0.3) is 0 Å². The summed E-state index contributed by atoms with van der Waals surface area (Å²) in [6.07, 6.45) is 0. The van der Waals surface area contributed by atoms with Gasteiger partial charge in [-0.1, -0.05) is 99.1 Å². The lowest BCUT2D eigenvalue weighted by Gasteiger charge is -2.43. The molecule has 0 spiro atoms. The Morgan fingerprint density at radius 1 is 0.871 bits per heavy atom. The van der Waals surface area contributed by atoms with Gasteiger partial charge in [-0.05, 0) is 21.5 Å². The molecule has 0 bridgehead atoms. The molecule has 162 valence electrons. The number of hydrogen-bond donors (Lipinski definition) is 0. The van der Waals surface area contributed by atoms with Crippen LogP contribution in [0.15, 0.2) is 78.9 Å². The molecule has 5 nitrogen and oxygen atoms in total. The average molecular weight is 456 g/mol. The second-order valence-electron chi connectivity index (χ2n) is 8.21. The van der Waals surface area contributed by atoms with Gasteiger partial charge in [0.1, 0.15) is 12.4 Å². The number of benzene rings is 3. The van der Waals surface area contributed by atoms with Gasteiger partial charge in [-0.2, -0.15) is 0 Å². The Labute approximate surface area is 188 Å². The Balaban J connectivity index is 1.87. The van der Waals surface area contributed by atoms with Gasteiger partial charge < -0.3 is 9.16 Å². The number of nitro groups is 1. The fraction of sp³-hybridized carbons (Fsp3) is 0.250. The highest BCUT2D eigenvalue weighted by Crippen LogP contribution is 2.37. The van der Waals surface area contributed by atoms with Gasteiger partial charge in [-0.25, -0.2) is 0 Å². The van der Waals surface area contributed by atoms with Gasteiger partial charge in [0, 0.05) is 6.07 Å². The maximum Gasteiger partial charge on any atom is 0.291 e. The molecule has 0 amide bonds. The quantitative estimate of drug-likeness (QED) is 0.202. The van der Waals surface area contributed by atoms with Gasteiger partial charge in [-0.3, -0.25) is 10.1 Å². The summed E-state index contributed by atoms with van der Waals surface area (Å²) in [6.45, 7) is 7.17. The standard InChI is InChI=1S/C24H26ClNO4Si/c1-24(2,3)31(19-11-6-4-7-12-19,20-13-8-5-9-14-20)30-18-17-29-22-16-10-15-21(23(22)25)26(27)28/h4-16H,17-18H2,1-3H3. The summed E-state index contributed by atoms with van der Waals surface area (Å²) in [4.78, 5) is 10.6. The van der Waals surface area contributed by atoms with E-state index >= 15 is 0 Å². The summed E-state index contributed by atoms with van der Waals surface area (Å²) in [7, 11) is -2.65. The first-order valence-electron chi connectivity index (χ1n) is 10.1. The van der Waals surface area contributed by atoms with E-state index in [-0.39, 0.29) is 28.1 Å². The first-order chi connectivity index (χ1) is 14.8. The first-order valence-corrected chi connectivity index (χ1v) is 12.4. The molecule has 0 radical (unpaired) electrons. The minimum atomic E-state index is -2.65. The van der Waals surface area contributed by atoms with Crippen molar-refractivity contribution in [3.05, 3.63) is 94.0 Å². The molecule has 0 saturated heterocycles. The van der Waals surface area contributed by atoms with Crippen molar-refractivity contribution in [2.24, 2.45) is 0 Å². The Hall–Kier alpha value is -2.67. The largest absolute Gasteiger partial charge is 0.489 e. The number of ether oxygens (including phenoxy) is 1. The van der Waals surface area contributed by atoms with Crippen LogP contribution in [0, 0.1) is 10.1 Å². The lowest BCUT2D eigenvalue weighted by atomic mass is 10.2. The molecule has 0 N–H and O–H groups in total. The minimum absolute atomic E-state index is 0.00190. The fourth-order valence-electron chi connectivity index (χ4n) is 3.86. The third kappa shape index (κ3) is 4.82. The average Bonchev–Trinajstić information content (AvgIpc) is 2.75. The zero-order valence-electron chi connectivity index (χ0n) is 17.9. The van der Waals surface area contributed by atoms with Gasteiger partial charge in [0.15, 0.2) is 5.02 Å². The summed E-state index contributed by atoms with van der Waals surface area (Å²) in [5.41, 5.74) is -0.174. The Morgan fingerprint density at radius 3 is 1.90 bits per heavy atom. The highest BCUT2D eigenvalue weighted by atomic mass is 35.5. The van der Waals surface area contributed by atoms with E-state index in [0.29, 0.717) is 6.61 Å². The summed E-state index contributed by atoms with van der Waals surface area (Å²) in [5.74, 6) is 0.280. The molecular weight excluding hydrogens is 430 g/mol. The topological polar surface area (TPSA) is 61.6 Å². The Kier molecular flexibility index (Phi) is 7.15. The summed E-state index contributed by atoms with van der Waals surface area (Å²) in [5, 5.41) is 13.3. The fourth-order valence-corrected chi connectivity index (χ4v) is 8.65. The molecule has 0 fully saturated rings. The molecule has 31 heavy (non-hydrogen) atoms. The van der Waals surface area contributed by atoms with E-state index in [4.69, 9.17) is 20.8 Å². The van der Waals surface area contributed by atoms with E-state index in [2.05, 4.69) is 45.0 Å². The molecule has 7 heteroatoms. The van der Waals surface area contributed by atoms with Crippen molar-refractivity contribution in [1.82, 2.24) is 0 Å². The molecule has 0 atom stereocenters. The molecule has 3 aromatic rings. The molecule has 0 aliphatic carbocycles. The van der Waals surface area contributed by atoms with E-state index < -0.39 is 13.2 Å².